The smallest absolute Gasteiger partial charge is 0.331 e. The Morgan fingerprint density at radius 3 is 1.50 bits per heavy atom. The zero-order chi connectivity index (χ0) is 19.5. The number of hydrogen-bond donors (Lipinski definition) is 1. The summed E-state index contributed by atoms with van der Waals surface area (Å²) in [6.45, 7) is 5.96. The van der Waals surface area contributed by atoms with Crippen molar-refractivity contribution < 1.29 is 19.4 Å². The summed E-state index contributed by atoms with van der Waals surface area (Å²) in [4.78, 5) is 21.9. The fourth-order valence-corrected chi connectivity index (χ4v) is 2.96. The molecule has 152 valence electrons. The number of esters is 1. The summed E-state index contributed by atoms with van der Waals surface area (Å²) in [6, 6.07) is 0. The topological polar surface area (TPSA) is 63.6 Å². The Bertz CT molecular complexity index is 376. The molecule has 0 saturated heterocycles. The minimum absolute atomic E-state index is 0.119. The van der Waals surface area contributed by atoms with Gasteiger partial charge in [-0.15, -0.1) is 0 Å². The number of carbonyl (C=O) groups excluding carboxylic acids is 1. The van der Waals surface area contributed by atoms with Crippen LogP contribution in [0.15, 0.2) is 12.2 Å². The van der Waals surface area contributed by atoms with Crippen molar-refractivity contribution in [2.75, 3.05) is 6.61 Å². The molecule has 0 atom stereocenters. The number of hydrogen-bond acceptors (Lipinski definition) is 3. The van der Waals surface area contributed by atoms with E-state index in [1.165, 1.54) is 83.5 Å². The number of unbranched alkanes of at least 4 members (excludes halogenated alkanes) is 14. The second kappa shape index (κ2) is 18.5. The zero-order valence-corrected chi connectivity index (χ0v) is 16.9. The molecule has 0 bridgehead atoms. The summed E-state index contributed by atoms with van der Waals surface area (Å²) >= 11 is 0. The van der Waals surface area contributed by atoms with Crippen molar-refractivity contribution in [2.45, 2.75) is 110 Å². The van der Waals surface area contributed by atoms with E-state index in [1.807, 2.05) is 0 Å². The van der Waals surface area contributed by atoms with E-state index in [0.29, 0.717) is 6.61 Å². The Balaban J connectivity index is 3.19. The van der Waals surface area contributed by atoms with Crippen molar-refractivity contribution in [3.05, 3.63) is 12.2 Å². The molecule has 0 spiro atoms. The Kier molecular flexibility index (Phi) is 17.5. The van der Waals surface area contributed by atoms with E-state index in [1.54, 1.807) is 0 Å². The van der Waals surface area contributed by atoms with E-state index >= 15 is 0 Å². The number of ether oxygens (including phenoxy) is 1. The molecule has 0 rings (SSSR count). The summed E-state index contributed by atoms with van der Waals surface area (Å²) in [7, 11) is 0. The van der Waals surface area contributed by atoms with Gasteiger partial charge in [0.05, 0.1) is 13.0 Å². The van der Waals surface area contributed by atoms with Crippen molar-refractivity contribution in [2.24, 2.45) is 0 Å². The Morgan fingerprint density at radius 1 is 0.731 bits per heavy atom. The van der Waals surface area contributed by atoms with Crippen LogP contribution in [-0.2, 0) is 14.3 Å². The molecule has 0 aliphatic carbocycles. The molecule has 0 aromatic heterocycles. The molecule has 0 aromatic carbocycles. The molecule has 0 saturated carbocycles. The maximum Gasteiger partial charge on any atom is 0.331 e. The number of rotatable bonds is 19. The van der Waals surface area contributed by atoms with Gasteiger partial charge in [0.15, 0.2) is 0 Å². The van der Waals surface area contributed by atoms with Crippen LogP contribution in [0, 0.1) is 0 Å². The first-order valence-corrected chi connectivity index (χ1v) is 10.6. The van der Waals surface area contributed by atoms with Crippen molar-refractivity contribution >= 4 is 11.9 Å². The molecule has 0 radical (unpaired) electrons. The fourth-order valence-electron chi connectivity index (χ4n) is 2.96. The molecule has 0 amide bonds. The summed E-state index contributed by atoms with van der Waals surface area (Å²) in [5.74, 6) is -1.64. The number of aliphatic carboxylic acids is 1. The SMILES string of the molecule is C=C(CC(=O)OCCCCCCCCCCCCCCCCC)C(=O)O. The summed E-state index contributed by atoms with van der Waals surface area (Å²) in [5, 5.41) is 8.64. The highest BCUT2D eigenvalue weighted by atomic mass is 16.5. The molecule has 1 N–H and O–H groups in total. The van der Waals surface area contributed by atoms with Crippen LogP contribution in [0.25, 0.3) is 0 Å². The standard InChI is InChI=1S/C22H40O4/c1-3-4-5-6-7-8-9-10-11-12-13-14-15-16-17-18-26-21(23)19-20(2)22(24)25/h2-19H2,1H3,(H,24,25). The molecule has 4 heteroatoms. The van der Waals surface area contributed by atoms with E-state index in [9.17, 15) is 9.59 Å². The molecule has 0 aromatic rings. The lowest BCUT2D eigenvalue weighted by atomic mass is 10.0. The first-order chi connectivity index (χ1) is 12.6. The molecular formula is C22H40O4. The normalized spacial score (nSPS) is 10.7. The quantitative estimate of drug-likeness (QED) is 0.162. The van der Waals surface area contributed by atoms with Crippen LogP contribution < -0.4 is 0 Å². The summed E-state index contributed by atoms with van der Waals surface area (Å²) in [5.41, 5.74) is -0.119. The van der Waals surface area contributed by atoms with Crippen molar-refractivity contribution in [1.29, 1.82) is 0 Å². The summed E-state index contributed by atoms with van der Waals surface area (Å²) < 4.78 is 5.01. The minimum atomic E-state index is -1.14. The van der Waals surface area contributed by atoms with E-state index in [0.717, 1.165) is 12.8 Å². The van der Waals surface area contributed by atoms with Gasteiger partial charge in [-0.2, -0.15) is 0 Å². The zero-order valence-electron chi connectivity index (χ0n) is 16.9. The highest BCUT2D eigenvalue weighted by molar-refractivity contribution is 5.91. The lowest BCUT2D eigenvalue weighted by Gasteiger charge is -2.05. The monoisotopic (exact) mass is 368 g/mol. The average Bonchev–Trinajstić information content (AvgIpc) is 2.61. The summed E-state index contributed by atoms with van der Waals surface area (Å²) in [6.07, 6.45) is 19.2. The fraction of sp³-hybridized carbons (Fsp3) is 0.818. The van der Waals surface area contributed by atoms with Crippen LogP contribution in [-0.4, -0.2) is 23.7 Å². The third-order valence-electron chi connectivity index (χ3n) is 4.67. The van der Waals surface area contributed by atoms with Crippen molar-refractivity contribution in [3.8, 4) is 0 Å². The van der Waals surface area contributed by atoms with Gasteiger partial charge >= 0.3 is 11.9 Å². The number of carbonyl (C=O) groups is 2. The van der Waals surface area contributed by atoms with E-state index in [4.69, 9.17) is 9.84 Å². The molecule has 0 aliphatic heterocycles. The molecule has 0 aliphatic rings. The maximum absolute atomic E-state index is 11.4. The first kappa shape index (κ1) is 24.7. The third kappa shape index (κ3) is 17.5. The molecule has 0 fully saturated rings. The largest absolute Gasteiger partial charge is 0.478 e. The minimum Gasteiger partial charge on any atom is -0.478 e. The number of carboxylic acid groups (broad SMARTS) is 1. The van der Waals surface area contributed by atoms with Gasteiger partial charge < -0.3 is 9.84 Å². The maximum atomic E-state index is 11.4. The Labute approximate surface area is 160 Å². The van der Waals surface area contributed by atoms with Crippen LogP contribution in [0.3, 0.4) is 0 Å². The lowest BCUT2D eigenvalue weighted by Crippen LogP contribution is -2.10. The molecule has 0 heterocycles. The first-order valence-electron chi connectivity index (χ1n) is 10.6. The van der Waals surface area contributed by atoms with Gasteiger partial charge in [-0.3, -0.25) is 4.79 Å². The van der Waals surface area contributed by atoms with E-state index in [-0.39, 0.29) is 12.0 Å². The van der Waals surface area contributed by atoms with Gasteiger partial charge in [-0.1, -0.05) is 103 Å². The highest BCUT2D eigenvalue weighted by Gasteiger charge is 2.10. The van der Waals surface area contributed by atoms with E-state index < -0.39 is 11.9 Å². The lowest BCUT2D eigenvalue weighted by molar-refractivity contribution is -0.144. The van der Waals surface area contributed by atoms with Gasteiger partial charge in [0.1, 0.15) is 0 Å². The molecular weight excluding hydrogens is 328 g/mol. The second-order valence-corrected chi connectivity index (χ2v) is 7.26. The van der Waals surface area contributed by atoms with Gasteiger partial charge in [-0.05, 0) is 6.42 Å². The van der Waals surface area contributed by atoms with Crippen molar-refractivity contribution in [1.82, 2.24) is 0 Å². The Hall–Kier alpha value is -1.32. The molecule has 0 unspecified atom stereocenters. The van der Waals surface area contributed by atoms with Gasteiger partial charge in [0, 0.05) is 5.57 Å². The molecule has 26 heavy (non-hydrogen) atoms. The third-order valence-corrected chi connectivity index (χ3v) is 4.67. The second-order valence-electron chi connectivity index (χ2n) is 7.26. The van der Waals surface area contributed by atoms with Crippen LogP contribution >= 0.6 is 0 Å². The number of carboxylic acids is 1. The van der Waals surface area contributed by atoms with Gasteiger partial charge in [0.25, 0.3) is 0 Å². The van der Waals surface area contributed by atoms with Crippen LogP contribution in [0.2, 0.25) is 0 Å². The average molecular weight is 369 g/mol. The van der Waals surface area contributed by atoms with E-state index in [2.05, 4.69) is 13.5 Å². The highest BCUT2D eigenvalue weighted by Crippen LogP contribution is 2.13. The van der Waals surface area contributed by atoms with Crippen LogP contribution in [0.1, 0.15) is 110 Å². The predicted molar refractivity (Wildman–Crippen MR) is 107 cm³/mol. The molecule has 4 nitrogen and oxygen atoms in total. The van der Waals surface area contributed by atoms with Gasteiger partial charge in [0.2, 0.25) is 0 Å². The Morgan fingerprint density at radius 2 is 1.12 bits per heavy atom. The predicted octanol–water partition coefficient (Wildman–Crippen LogP) is 6.43. The van der Waals surface area contributed by atoms with Crippen LogP contribution in [0.4, 0.5) is 0 Å². The van der Waals surface area contributed by atoms with Crippen LogP contribution in [0.5, 0.6) is 0 Å². The van der Waals surface area contributed by atoms with Crippen molar-refractivity contribution in [3.63, 3.8) is 0 Å². The van der Waals surface area contributed by atoms with Gasteiger partial charge in [-0.25, -0.2) is 4.79 Å².